The SMILES string of the molecule is CN=C(NCc1ccccc1OC(F)F)NCc1ccc(C)cc1OC1CCOC1. The number of guanidine groups is 1. The predicted octanol–water partition coefficient (Wildman–Crippen LogP) is 3.63. The van der Waals surface area contributed by atoms with Gasteiger partial charge >= 0.3 is 6.61 Å². The van der Waals surface area contributed by atoms with Gasteiger partial charge in [-0.15, -0.1) is 0 Å². The Labute approximate surface area is 175 Å². The highest BCUT2D eigenvalue weighted by molar-refractivity contribution is 5.79. The van der Waals surface area contributed by atoms with Gasteiger partial charge in [0, 0.05) is 37.7 Å². The van der Waals surface area contributed by atoms with Gasteiger partial charge in [0.25, 0.3) is 0 Å². The van der Waals surface area contributed by atoms with Crippen molar-refractivity contribution in [1.29, 1.82) is 0 Å². The highest BCUT2D eigenvalue weighted by Crippen LogP contribution is 2.24. The lowest BCUT2D eigenvalue weighted by molar-refractivity contribution is -0.0504. The zero-order valence-electron chi connectivity index (χ0n) is 17.2. The molecule has 1 aliphatic rings. The number of rotatable bonds is 8. The van der Waals surface area contributed by atoms with Gasteiger partial charge in [0.1, 0.15) is 17.6 Å². The monoisotopic (exact) mass is 419 g/mol. The van der Waals surface area contributed by atoms with Crippen LogP contribution in [0.25, 0.3) is 0 Å². The van der Waals surface area contributed by atoms with Gasteiger partial charge in [-0.2, -0.15) is 8.78 Å². The maximum Gasteiger partial charge on any atom is 0.387 e. The number of alkyl halides is 2. The summed E-state index contributed by atoms with van der Waals surface area (Å²) in [6, 6.07) is 12.7. The summed E-state index contributed by atoms with van der Waals surface area (Å²) >= 11 is 0. The van der Waals surface area contributed by atoms with E-state index in [-0.39, 0.29) is 11.9 Å². The summed E-state index contributed by atoms with van der Waals surface area (Å²) in [7, 11) is 1.65. The van der Waals surface area contributed by atoms with E-state index in [0.29, 0.717) is 31.2 Å². The molecule has 162 valence electrons. The molecule has 0 saturated carbocycles. The van der Waals surface area contributed by atoms with Crippen molar-refractivity contribution < 1.29 is 23.0 Å². The summed E-state index contributed by atoms with van der Waals surface area (Å²) < 4.78 is 41.3. The third-order valence-electron chi connectivity index (χ3n) is 4.71. The lowest BCUT2D eigenvalue weighted by Crippen LogP contribution is -2.36. The van der Waals surface area contributed by atoms with E-state index in [9.17, 15) is 8.78 Å². The molecule has 2 N–H and O–H groups in total. The number of nitrogens with zero attached hydrogens (tertiary/aromatic N) is 1. The zero-order chi connectivity index (χ0) is 21.3. The molecule has 1 fully saturated rings. The van der Waals surface area contributed by atoms with Crippen LogP contribution >= 0.6 is 0 Å². The number of para-hydroxylation sites is 1. The van der Waals surface area contributed by atoms with Crippen molar-refractivity contribution in [3.05, 3.63) is 59.2 Å². The summed E-state index contributed by atoms with van der Waals surface area (Å²) in [5, 5.41) is 6.37. The summed E-state index contributed by atoms with van der Waals surface area (Å²) in [5.41, 5.74) is 2.73. The quantitative estimate of drug-likeness (QED) is 0.505. The van der Waals surface area contributed by atoms with Crippen molar-refractivity contribution in [3.8, 4) is 11.5 Å². The molecule has 0 bridgehead atoms. The first-order valence-corrected chi connectivity index (χ1v) is 9.86. The number of nitrogens with one attached hydrogen (secondary N) is 2. The second kappa shape index (κ2) is 10.8. The molecule has 8 heteroatoms. The Morgan fingerprint density at radius 3 is 2.53 bits per heavy atom. The van der Waals surface area contributed by atoms with Crippen LogP contribution in [0.2, 0.25) is 0 Å². The summed E-state index contributed by atoms with van der Waals surface area (Å²) in [6.45, 7) is 1.27. The van der Waals surface area contributed by atoms with Crippen molar-refractivity contribution in [3.63, 3.8) is 0 Å². The molecule has 1 atom stereocenters. The van der Waals surface area contributed by atoms with Crippen LogP contribution in [-0.4, -0.2) is 38.9 Å². The van der Waals surface area contributed by atoms with Gasteiger partial charge in [-0.3, -0.25) is 4.99 Å². The number of hydrogen-bond acceptors (Lipinski definition) is 4. The maximum absolute atomic E-state index is 12.6. The van der Waals surface area contributed by atoms with Crippen LogP contribution in [0, 0.1) is 6.92 Å². The molecule has 0 spiro atoms. The fourth-order valence-electron chi connectivity index (χ4n) is 3.14. The van der Waals surface area contributed by atoms with E-state index in [1.54, 1.807) is 25.2 Å². The zero-order valence-corrected chi connectivity index (χ0v) is 17.2. The second-order valence-corrected chi connectivity index (χ2v) is 6.98. The van der Waals surface area contributed by atoms with Crippen LogP contribution in [0.4, 0.5) is 8.78 Å². The Balaban J connectivity index is 1.60. The lowest BCUT2D eigenvalue weighted by Gasteiger charge is -2.18. The molecule has 3 rings (SSSR count). The number of benzene rings is 2. The average molecular weight is 419 g/mol. The van der Waals surface area contributed by atoms with E-state index in [1.807, 2.05) is 25.1 Å². The van der Waals surface area contributed by atoms with E-state index in [2.05, 4.69) is 20.4 Å². The Morgan fingerprint density at radius 2 is 1.87 bits per heavy atom. The Morgan fingerprint density at radius 1 is 1.13 bits per heavy atom. The van der Waals surface area contributed by atoms with E-state index in [4.69, 9.17) is 9.47 Å². The van der Waals surface area contributed by atoms with Gasteiger partial charge in [0.15, 0.2) is 5.96 Å². The van der Waals surface area contributed by atoms with E-state index >= 15 is 0 Å². The molecule has 1 aliphatic heterocycles. The minimum Gasteiger partial charge on any atom is -0.488 e. The van der Waals surface area contributed by atoms with Crippen LogP contribution in [-0.2, 0) is 17.8 Å². The Bertz CT molecular complexity index is 855. The first-order valence-electron chi connectivity index (χ1n) is 9.86. The van der Waals surface area contributed by atoms with Crippen LogP contribution in [0.5, 0.6) is 11.5 Å². The molecular formula is C22H27F2N3O3. The van der Waals surface area contributed by atoms with E-state index in [1.165, 1.54) is 6.07 Å². The minimum atomic E-state index is -2.87. The Kier molecular flexibility index (Phi) is 7.84. The molecule has 6 nitrogen and oxygen atoms in total. The van der Waals surface area contributed by atoms with Crippen molar-refractivity contribution in [1.82, 2.24) is 10.6 Å². The van der Waals surface area contributed by atoms with E-state index in [0.717, 1.165) is 29.9 Å². The van der Waals surface area contributed by atoms with Gasteiger partial charge in [0.2, 0.25) is 0 Å². The third-order valence-corrected chi connectivity index (χ3v) is 4.71. The normalized spacial score (nSPS) is 16.6. The molecule has 1 saturated heterocycles. The van der Waals surface area contributed by atoms with Crippen LogP contribution < -0.4 is 20.1 Å². The van der Waals surface area contributed by atoms with Crippen molar-refractivity contribution >= 4 is 5.96 Å². The average Bonchev–Trinajstić information content (AvgIpc) is 3.23. The molecule has 0 amide bonds. The van der Waals surface area contributed by atoms with Gasteiger partial charge < -0.3 is 24.8 Å². The summed E-state index contributed by atoms with van der Waals surface area (Å²) in [5.74, 6) is 1.50. The van der Waals surface area contributed by atoms with Crippen LogP contribution in [0.1, 0.15) is 23.1 Å². The van der Waals surface area contributed by atoms with Gasteiger partial charge in [-0.25, -0.2) is 0 Å². The largest absolute Gasteiger partial charge is 0.488 e. The fraction of sp³-hybridized carbons (Fsp3) is 0.409. The topological polar surface area (TPSA) is 64.1 Å². The maximum atomic E-state index is 12.6. The molecule has 0 aromatic heterocycles. The Hall–Kier alpha value is -2.87. The molecule has 1 unspecified atom stereocenters. The van der Waals surface area contributed by atoms with Crippen LogP contribution in [0.15, 0.2) is 47.5 Å². The standard InChI is InChI=1S/C22H27F2N3O3/c1-15-7-8-17(20(11-15)29-18-9-10-28-14-18)13-27-22(25-2)26-12-16-5-3-4-6-19(16)30-21(23)24/h3-8,11,18,21H,9-10,12-14H2,1-2H3,(H2,25,26,27). The molecule has 1 heterocycles. The lowest BCUT2D eigenvalue weighted by atomic mass is 10.1. The highest BCUT2D eigenvalue weighted by atomic mass is 19.3. The van der Waals surface area contributed by atoms with Gasteiger partial charge in [0.05, 0.1) is 13.2 Å². The van der Waals surface area contributed by atoms with Crippen molar-refractivity contribution in [2.45, 2.75) is 39.1 Å². The third kappa shape index (κ3) is 6.32. The number of aryl methyl sites for hydroxylation is 1. The molecular weight excluding hydrogens is 392 g/mol. The van der Waals surface area contributed by atoms with Gasteiger partial charge in [-0.1, -0.05) is 30.3 Å². The molecule has 0 aliphatic carbocycles. The summed E-state index contributed by atoms with van der Waals surface area (Å²) in [4.78, 5) is 4.20. The number of aliphatic imine (C=N–C) groups is 1. The smallest absolute Gasteiger partial charge is 0.387 e. The van der Waals surface area contributed by atoms with Crippen molar-refractivity contribution in [2.24, 2.45) is 4.99 Å². The molecule has 2 aromatic rings. The predicted molar refractivity (Wildman–Crippen MR) is 111 cm³/mol. The molecule has 0 radical (unpaired) electrons. The minimum absolute atomic E-state index is 0.0642. The van der Waals surface area contributed by atoms with Gasteiger partial charge in [-0.05, 0) is 24.6 Å². The van der Waals surface area contributed by atoms with E-state index < -0.39 is 6.61 Å². The second-order valence-electron chi connectivity index (χ2n) is 6.98. The first kappa shape index (κ1) is 21.8. The number of hydrogen-bond donors (Lipinski definition) is 2. The van der Waals surface area contributed by atoms with Crippen LogP contribution in [0.3, 0.4) is 0 Å². The number of halogens is 2. The highest BCUT2D eigenvalue weighted by Gasteiger charge is 2.19. The summed E-state index contributed by atoms with van der Waals surface area (Å²) in [6.07, 6.45) is 0.943. The molecule has 30 heavy (non-hydrogen) atoms. The number of ether oxygens (including phenoxy) is 3. The first-order chi connectivity index (χ1) is 14.5. The fourth-order valence-corrected chi connectivity index (χ4v) is 3.14. The van der Waals surface area contributed by atoms with Crippen molar-refractivity contribution in [2.75, 3.05) is 20.3 Å². The molecule has 2 aromatic carbocycles.